The summed E-state index contributed by atoms with van der Waals surface area (Å²) in [6, 6.07) is 7.07. The number of sulfone groups is 1. The van der Waals surface area contributed by atoms with E-state index in [-0.39, 0.29) is 11.3 Å². The van der Waals surface area contributed by atoms with Gasteiger partial charge in [-0.15, -0.1) is 0 Å². The molecule has 0 spiro atoms. The molecule has 1 aromatic carbocycles. The molecule has 3 atom stereocenters. The quantitative estimate of drug-likeness (QED) is 0.899. The number of hydrogen-bond donors (Lipinski definition) is 1. The lowest BCUT2D eigenvalue weighted by atomic mass is 10.1. The Morgan fingerprint density at radius 3 is 2.52 bits per heavy atom. The number of aliphatic hydroxyl groups excluding tert-OH is 1. The van der Waals surface area contributed by atoms with Crippen LogP contribution in [0, 0.1) is 0 Å². The summed E-state index contributed by atoms with van der Waals surface area (Å²) in [5.74, 6) is 0. The summed E-state index contributed by atoms with van der Waals surface area (Å²) >= 11 is 5.84. The molecule has 1 saturated carbocycles. The van der Waals surface area contributed by atoms with Gasteiger partial charge in [-0.1, -0.05) is 30.2 Å². The first-order chi connectivity index (χ1) is 9.79. The molecule has 6 heteroatoms. The molecule has 0 aliphatic heterocycles. The standard InChI is InChI=1S/C15H22ClNO3S/c1-17(13-4-3-5-15(13)21(2,19)20)10-14(18)11-6-8-12(16)9-7-11/h6-9,13-15,18H,3-5,10H2,1-2H3. The predicted molar refractivity (Wildman–Crippen MR) is 85.3 cm³/mol. The summed E-state index contributed by atoms with van der Waals surface area (Å²) in [4.78, 5) is 1.97. The van der Waals surface area contributed by atoms with Crippen molar-refractivity contribution in [1.82, 2.24) is 4.90 Å². The lowest BCUT2D eigenvalue weighted by Gasteiger charge is -2.30. The molecule has 3 unspecified atom stereocenters. The van der Waals surface area contributed by atoms with Crippen molar-refractivity contribution in [3.63, 3.8) is 0 Å². The molecule has 1 fully saturated rings. The van der Waals surface area contributed by atoms with Gasteiger partial charge in [0.05, 0.1) is 11.4 Å². The highest BCUT2D eigenvalue weighted by molar-refractivity contribution is 7.91. The minimum Gasteiger partial charge on any atom is -0.387 e. The smallest absolute Gasteiger partial charge is 0.151 e. The molecule has 0 aromatic heterocycles. The summed E-state index contributed by atoms with van der Waals surface area (Å²) in [5, 5.41) is 10.6. The van der Waals surface area contributed by atoms with Gasteiger partial charge in [0, 0.05) is 23.9 Å². The van der Waals surface area contributed by atoms with Crippen LogP contribution in [0.4, 0.5) is 0 Å². The zero-order valence-electron chi connectivity index (χ0n) is 12.4. The first-order valence-corrected chi connectivity index (χ1v) is 9.45. The monoisotopic (exact) mass is 331 g/mol. The summed E-state index contributed by atoms with van der Waals surface area (Å²) in [7, 11) is -1.16. The number of halogens is 1. The van der Waals surface area contributed by atoms with Crippen molar-refractivity contribution in [2.24, 2.45) is 0 Å². The van der Waals surface area contributed by atoms with Gasteiger partial charge in [0.15, 0.2) is 9.84 Å². The van der Waals surface area contributed by atoms with Gasteiger partial charge in [0.25, 0.3) is 0 Å². The zero-order chi connectivity index (χ0) is 15.6. The van der Waals surface area contributed by atoms with Gasteiger partial charge in [-0.25, -0.2) is 8.42 Å². The molecule has 1 N–H and O–H groups in total. The number of rotatable bonds is 5. The van der Waals surface area contributed by atoms with Crippen molar-refractivity contribution >= 4 is 21.4 Å². The third-order valence-corrected chi connectivity index (χ3v) is 6.15. The van der Waals surface area contributed by atoms with Gasteiger partial charge < -0.3 is 5.11 Å². The second-order valence-corrected chi connectivity index (χ2v) is 8.57. The van der Waals surface area contributed by atoms with Gasteiger partial charge >= 0.3 is 0 Å². The van der Waals surface area contributed by atoms with Crippen molar-refractivity contribution in [2.75, 3.05) is 19.8 Å². The van der Waals surface area contributed by atoms with E-state index in [9.17, 15) is 13.5 Å². The number of nitrogens with zero attached hydrogens (tertiary/aromatic N) is 1. The molecule has 1 aliphatic carbocycles. The fourth-order valence-electron chi connectivity index (χ4n) is 3.11. The van der Waals surface area contributed by atoms with Crippen molar-refractivity contribution < 1.29 is 13.5 Å². The highest BCUT2D eigenvalue weighted by Gasteiger charge is 2.37. The van der Waals surface area contributed by atoms with Crippen molar-refractivity contribution in [3.05, 3.63) is 34.9 Å². The fraction of sp³-hybridized carbons (Fsp3) is 0.600. The SMILES string of the molecule is CN(CC(O)c1ccc(Cl)cc1)C1CCCC1S(C)(=O)=O. The third-order valence-electron chi connectivity index (χ3n) is 4.25. The molecular weight excluding hydrogens is 310 g/mol. The van der Waals surface area contributed by atoms with E-state index in [2.05, 4.69) is 0 Å². The van der Waals surface area contributed by atoms with Crippen LogP contribution in [0.2, 0.25) is 5.02 Å². The van der Waals surface area contributed by atoms with Crippen molar-refractivity contribution in [3.8, 4) is 0 Å². The summed E-state index contributed by atoms with van der Waals surface area (Å²) in [6.07, 6.45) is 3.16. The number of aliphatic hydroxyl groups is 1. The largest absolute Gasteiger partial charge is 0.387 e. The van der Waals surface area contributed by atoms with Crippen LogP contribution in [-0.2, 0) is 9.84 Å². The van der Waals surface area contributed by atoms with Gasteiger partial charge in [0.2, 0.25) is 0 Å². The maximum absolute atomic E-state index is 11.8. The van der Waals surface area contributed by atoms with E-state index in [0.717, 1.165) is 18.4 Å². The molecule has 1 aromatic rings. The van der Waals surface area contributed by atoms with Crippen LogP contribution in [-0.4, -0.2) is 49.6 Å². The lowest BCUT2D eigenvalue weighted by molar-refractivity contribution is 0.106. The Morgan fingerprint density at radius 1 is 1.33 bits per heavy atom. The molecule has 118 valence electrons. The summed E-state index contributed by atoms with van der Waals surface area (Å²) in [6.45, 7) is 0.415. The third kappa shape index (κ3) is 4.19. The minimum atomic E-state index is -3.04. The Labute approximate surface area is 131 Å². The molecule has 0 radical (unpaired) electrons. The molecule has 4 nitrogen and oxygen atoms in total. The van der Waals surface area contributed by atoms with E-state index < -0.39 is 15.9 Å². The van der Waals surface area contributed by atoms with E-state index in [1.54, 1.807) is 24.3 Å². The zero-order valence-corrected chi connectivity index (χ0v) is 13.9. The number of hydrogen-bond acceptors (Lipinski definition) is 4. The highest BCUT2D eigenvalue weighted by Crippen LogP contribution is 2.29. The Morgan fingerprint density at radius 2 is 1.95 bits per heavy atom. The number of benzene rings is 1. The maximum Gasteiger partial charge on any atom is 0.151 e. The Hall–Kier alpha value is -0.620. The molecule has 0 heterocycles. The molecule has 21 heavy (non-hydrogen) atoms. The first-order valence-electron chi connectivity index (χ1n) is 7.11. The van der Waals surface area contributed by atoms with Crippen LogP contribution in [0.3, 0.4) is 0 Å². The summed E-state index contributed by atoms with van der Waals surface area (Å²) in [5.41, 5.74) is 0.792. The second kappa shape index (κ2) is 6.65. The predicted octanol–water partition coefficient (Wildman–Crippen LogP) is 2.27. The fourth-order valence-corrected chi connectivity index (χ4v) is 4.74. The van der Waals surface area contributed by atoms with Crippen molar-refractivity contribution in [1.29, 1.82) is 0 Å². The van der Waals surface area contributed by atoms with Crippen LogP contribution in [0.5, 0.6) is 0 Å². The van der Waals surface area contributed by atoms with Crippen LogP contribution in [0.15, 0.2) is 24.3 Å². The molecule has 1 aliphatic rings. The van der Waals surface area contributed by atoms with Gasteiger partial charge in [-0.2, -0.15) is 0 Å². The van der Waals surface area contributed by atoms with Crippen molar-refractivity contribution in [2.45, 2.75) is 36.7 Å². The average Bonchev–Trinajstić information content (AvgIpc) is 2.88. The molecular formula is C15H22ClNO3S. The molecule has 0 bridgehead atoms. The van der Waals surface area contributed by atoms with Crippen LogP contribution in [0.1, 0.15) is 30.9 Å². The Kier molecular flexibility index (Phi) is 5.30. The average molecular weight is 332 g/mol. The molecule has 0 amide bonds. The first kappa shape index (κ1) is 16.7. The van der Waals surface area contributed by atoms with Gasteiger partial charge in [-0.05, 0) is 37.6 Å². The second-order valence-electron chi connectivity index (χ2n) is 5.87. The van der Waals surface area contributed by atoms with E-state index in [1.807, 2.05) is 11.9 Å². The normalized spacial score (nSPS) is 24.4. The molecule has 2 rings (SSSR count). The topological polar surface area (TPSA) is 57.6 Å². The Balaban J connectivity index is 2.03. The van der Waals surface area contributed by atoms with Crippen LogP contribution in [0.25, 0.3) is 0 Å². The Bertz CT molecular complexity index is 573. The van der Waals surface area contributed by atoms with Crippen LogP contribution >= 0.6 is 11.6 Å². The van der Waals surface area contributed by atoms with Crippen LogP contribution < -0.4 is 0 Å². The number of likely N-dealkylation sites (N-methyl/N-ethyl adjacent to an activating group) is 1. The minimum absolute atomic E-state index is 0.0121. The van der Waals surface area contributed by atoms with E-state index in [4.69, 9.17) is 11.6 Å². The van der Waals surface area contributed by atoms with Gasteiger partial charge in [0.1, 0.15) is 0 Å². The lowest BCUT2D eigenvalue weighted by Crippen LogP contribution is -2.43. The van der Waals surface area contributed by atoms with E-state index in [0.29, 0.717) is 18.0 Å². The van der Waals surface area contributed by atoms with E-state index >= 15 is 0 Å². The highest BCUT2D eigenvalue weighted by atomic mass is 35.5. The van der Waals surface area contributed by atoms with E-state index in [1.165, 1.54) is 6.26 Å². The maximum atomic E-state index is 11.8. The van der Waals surface area contributed by atoms with Gasteiger partial charge in [-0.3, -0.25) is 4.90 Å². The summed E-state index contributed by atoms with van der Waals surface area (Å²) < 4.78 is 23.7. The molecule has 0 saturated heterocycles.